The molecule has 0 saturated carbocycles. The lowest BCUT2D eigenvalue weighted by atomic mass is 9.84. The third-order valence-electron chi connectivity index (χ3n) is 6.60. The number of amides is 4. The van der Waals surface area contributed by atoms with Gasteiger partial charge in [0.2, 0.25) is 5.91 Å². The van der Waals surface area contributed by atoms with Gasteiger partial charge in [0.15, 0.2) is 0 Å². The highest BCUT2D eigenvalue weighted by Gasteiger charge is 2.53. The standard InChI is InChI=1S/C22H30N4O3/c1-2-25-13-10-17(11-14-25)23-19(27)15-26-20(28)22(24-21(26)29)12-6-5-8-16-7-3-4-9-18(16)22/h3-4,7,9,17H,2,5-6,8,10-15H2,1H3,(H,23,27)(H,24,29). The smallest absolute Gasteiger partial charge is 0.325 e. The Bertz CT molecular complexity index is 803. The van der Waals surface area contributed by atoms with E-state index in [0.29, 0.717) is 6.42 Å². The third-order valence-corrected chi connectivity index (χ3v) is 6.60. The number of nitrogens with one attached hydrogen (secondary N) is 2. The van der Waals surface area contributed by atoms with Crippen molar-refractivity contribution >= 4 is 17.8 Å². The number of rotatable bonds is 4. The number of likely N-dealkylation sites (tertiary alicyclic amines) is 1. The number of nitrogens with zero attached hydrogens (tertiary/aromatic N) is 2. The molecule has 3 aliphatic rings. The van der Waals surface area contributed by atoms with Crippen LogP contribution >= 0.6 is 0 Å². The van der Waals surface area contributed by atoms with E-state index in [9.17, 15) is 14.4 Å². The fraction of sp³-hybridized carbons (Fsp3) is 0.591. The molecule has 2 aliphatic heterocycles. The van der Waals surface area contributed by atoms with Crippen LogP contribution in [0.25, 0.3) is 0 Å². The zero-order valence-electron chi connectivity index (χ0n) is 17.1. The molecule has 1 aromatic carbocycles. The van der Waals surface area contributed by atoms with Crippen LogP contribution in [0.15, 0.2) is 24.3 Å². The van der Waals surface area contributed by atoms with Gasteiger partial charge >= 0.3 is 6.03 Å². The molecule has 2 fully saturated rings. The van der Waals surface area contributed by atoms with Crippen molar-refractivity contribution in [2.75, 3.05) is 26.2 Å². The van der Waals surface area contributed by atoms with Gasteiger partial charge in [-0.05, 0) is 56.2 Å². The molecule has 29 heavy (non-hydrogen) atoms. The second-order valence-corrected chi connectivity index (χ2v) is 8.37. The van der Waals surface area contributed by atoms with Crippen molar-refractivity contribution in [3.8, 4) is 0 Å². The molecule has 2 heterocycles. The van der Waals surface area contributed by atoms with Crippen LogP contribution in [0.4, 0.5) is 4.79 Å². The molecule has 0 bridgehead atoms. The number of fused-ring (bicyclic) bond motifs is 2. The number of aryl methyl sites for hydroxylation is 1. The largest absolute Gasteiger partial charge is 0.352 e. The van der Waals surface area contributed by atoms with E-state index < -0.39 is 11.6 Å². The van der Waals surface area contributed by atoms with Gasteiger partial charge in [-0.3, -0.25) is 14.5 Å². The molecule has 1 aromatic rings. The van der Waals surface area contributed by atoms with Crippen molar-refractivity contribution in [3.63, 3.8) is 0 Å². The maximum Gasteiger partial charge on any atom is 0.325 e. The molecule has 7 nitrogen and oxygen atoms in total. The van der Waals surface area contributed by atoms with Crippen LogP contribution in [0, 0.1) is 0 Å². The topological polar surface area (TPSA) is 81.8 Å². The van der Waals surface area contributed by atoms with Gasteiger partial charge in [-0.15, -0.1) is 0 Å². The molecule has 2 N–H and O–H groups in total. The number of piperidine rings is 1. The molecule has 0 aromatic heterocycles. The summed E-state index contributed by atoms with van der Waals surface area (Å²) in [5, 5.41) is 5.95. The Kier molecular flexibility index (Phi) is 5.58. The zero-order valence-corrected chi connectivity index (χ0v) is 17.1. The third kappa shape index (κ3) is 3.75. The van der Waals surface area contributed by atoms with E-state index >= 15 is 0 Å². The summed E-state index contributed by atoms with van der Waals surface area (Å²) in [5.41, 5.74) is 0.954. The van der Waals surface area contributed by atoms with Crippen molar-refractivity contribution in [2.45, 2.75) is 57.0 Å². The monoisotopic (exact) mass is 398 g/mol. The Morgan fingerprint density at radius 1 is 1.21 bits per heavy atom. The summed E-state index contributed by atoms with van der Waals surface area (Å²) in [6.07, 6.45) is 5.11. The lowest BCUT2D eigenvalue weighted by molar-refractivity contribution is -0.135. The minimum atomic E-state index is -1.03. The maximum absolute atomic E-state index is 13.4. The normalized spacial score (nSPS) is 25.6. The van der Waals surface area contributed by atoms with Crippen molar-refractivity contribution in [1.82, 2.24) is 20.4 Å². The molecule has 1 aliphatic carbocycles. The van der Waals surface area contributed by atoms with Gasteiger partial charge in [-0.25, -0.2) is 4.79 Å². The van der Waals surface area contributed by atoms with Crippen molar-refractivity contribution in [2.24, 2.45) is 0 Å². The highest BCUT2D eigenvalue weighted by atomic mass is 16.2. The molecule has 1 spiro atoms. The van der Waals surface area contributed by atoms with Gasteiger partial charge in [0, 0.05) is 19.1 Å². The Morgan fingerprint density at radius 2 is 1.97 bits per heavy atom. The van der Waals surface area contributed by atoms with Crippen LogP contribution in [0.5, 0.6) is 0 Å². The number of urea groups is 1. The average molecular weight is 399 g/mol. The SMILES string of the molecule is CCN1CCC(NC(=O)CN2C(=O)NC3(CCCCc4ccccc43)C2=O)CC1. The van der Waals surface area contributed by atoms with Crippen LogP contribution in [0.2, 0.25) is 0 Å². The van der Waals surface area contributed by atoms with Gasteiger partial charge in [-0.2, -0.15) is 0 Å². The van der Waals surface area contributed by atoms with Crippen LogP contribution in [-0.4, -0.2) is 59.9 Å². The minimum absolute atomic E-state index is 0.110. The van der Waals surface area contributed by atoms with E-state index in [1.807, 2.05) is 24.3 Å². The average Bonchev–Trinajstić information content (AvgIpc) is 2.87. The summed E-state index contributed by atoms with van der Waals surface area (Å²) in [5.74, 6) is -0.560. The lowest BCUT2D eigenvalue weighted by Gasteiger charge is -2.31. The molecule has 4 rings (SSSR count). The number of hydrogen-bond acceptors (Lipinski definition) is 4. The molecule has 0 radical (unpaired) electrons. The summed E-state index contributed by atoms with van der Waals surface area (Å²) in [4.78, 5) is 42.1. The molecular weight excluding hydrogens is 368 g/mol. The van der Waals surface area contributed by atoms with Crippen molar-refractivity contribution < 1.29 is 14.4 Å². The summed E-state index contributed by atoms with van der Waals surface area (Å²) in [6, 6.07) is 7.47. The lowest BCUT2D eigenvalue weighted by Crippen LogP contribution is -2.49. The van der Waals surface area contributed by atoms with Gasteiger partial charge in [0.25, 0.3) is 5.91 Å². The van der Waals surface area contributed by atoms with Gasteiger partial charge in [-0.1, -0.05) is 31.2 Å². The number of carbonyl (C=O) groups excluding carboxylic acids is 3. The first-order chi connectivity index (χ1) is 14.0. The molecular formula is C22H30N4O3. The van der Waals surface area contributed by atoms with Gasteiger partial charge in [0.05, 0.1) is 0 Å². The van der Waals surface area contributed by atoms with E-state index in [2.05, 4.69) is 22.5 Å². The van der Waals surface area contributed by atoms with E-state index in [-0.39, 0.29) is 24.4 Å². The highest BCUT2D eigenvalue weighted by molar-refractivity contribution is 6.09. The first-order valence-electron chi connectivity index (χ1n) is 10.8. The highest BCUT2D eigenvalue weighted by Crippen LogP contribution is 2.38. The number of hydrogen-bond donors (Lipinski definition) is 2. The fourth-order valence-corrected chi connectivity index (χ4v) is 4.93. The number of benzene rings is 1. The zero-order chi connectivity index (χ0) is 20.4. The van der Waals surface area contributed by atoms with E-state index in [0.717, 1.165) is 67.8 Å². The molecule has 4 amide bonds. The second-order valence-electron chi connectivity index (χ2n) is 8.37. The Balaban J connectivity index is 1.46. The number of imide groups is 1. The second kappa shape index (κ2) is 8.14. The van der Waals surface area contributed by atoms with Crippen molar-refractivity contribution in [1.29, 1.82) is 0 Å². The van der Waals surface area contributed by atoms with E-state index in [4.69, 9.17) is 0 Å². The van der Waals surface area contributed by atoms with Crippen LogP contribution in [0.1, 0.15) is 50.2 Å². The molecule has 156 valence electrons. The minimum Gasteiger partial charge on any atom is -0.352 e. The maximum atomic E-state index is 13.4. The summed E-state index contributed by atoms with van der Waals surface area (Å²) in [7, 11) is 0. The summed E-state index contributed by atoms with van der Waals surface area (Å²) < 4.78 is 0. The van der Waals surface area contributed by atoms with Gasteiger partial charge < -0.3 is 15.5 Å². The Morgan fingerprint density at radius 3 is 2.72 bits per heavy atom. The van der Waals surface area contributed by atoms with Crippen molar-refractivity contribution in [3.05, 3.63) is 35.4 Å². The molecule has 1 unspecified atom stereocenters. The van der Waals surface area contributed by atoms with Crippen LogP contribution in [0.3, 0.4) is 0 Å². The fourth-order valence-electron chi connectivity index (χ4n) is 4.93. The quantitative estimate of drug-likeness (QED) is 0.758. The van der Waals surface area contributed by atoms with Gasteiger partial charge in [0.1, 0.15) is 12.1 Å². The first-order valence-corrected chi connectivity index (χ1v) is 10.8. The van der Waals surface area contributed by atoms with Crippen LogP contribution in [-0.2, 0) is 21.5 Å². The molecule has 2 saturated heterocycles. The number of carbonyl (C=O) groups is 3. The van der Waals surface area contributed by atoms with E-state index in [1.165, 1.54) is 0 Å². The predicted molar refractivity (Wildman–Crippen MR) is 109 cm³/mol. The van der Waals surface area contributed by atoms with E-state index in [1.54, 1.807) is 0 Å². The summed E-state index contributed by atoms with van der Waals surface area (Å²) in [6.45, 7) is 4.86. The first kappa shape index (κ1) is 19.9. The Hall–Kier alpha value is -2.41. The van der Waals surface area contributed by atoms with Crippen LogP contribution < -0.4 is 10.6 Å². The molecule has 1 atom stereocenters. The molecule has 7 heteroatoms. The summed E-state index contributed by atoms with van der Waals surface area (Å²) >= 11 is 0. The predicted octanol–water partition coefficient (Wildman–Crippen LogP) is 1.76. The Labute approximate surface area is 171 Å².